The second-order valence-corrected chi connectivity index (χ2v) is 6.98. The molecule has 0 saturated heterocycles. The number of methoxy groups -OCH3 is 1. The minimum Gasteiger partial charge on any atom is -0.465 e. The molecule has 122 valence electrons. The highest BCUT2D eigenvalue weighted by Gasteiger charge is 2.12. The Morgan fingerprint density at radius 1 is 1.22 bits per heavy atom. The SMILES string of the molecule is COC(=O)c1ccc(CNS(=O)(=O)Cc2ccc(Cl)cn2)cc1. The molecule has 1 aromatic heterocycles. The highest BCUT2D eigenvalue weighted by molar-refractivity contribution is 7.88. The Hall–Kier alpha value is -1.96. The van der Waals surface area contributed by atoms with Crippen molar-refractivity contribution in [3.63, 3.8) is 0 Å². The monoisotopic (exact) mass is 354 g/mol. The molecule has 0 saturated carbocycles. The van der Waals surface area contributed by atoms with Crippen molar-refractivity contribution in [1.29, 1.82) is 0 Å². The molecule has 2 aromatic rings. The van der Waals surface area contributed by atoms with Crippen molar-refractivity contribution in [3.05, 3.63) is 64.4 Å². The summed E-state index contributed by atoms with van der Waals surface area (Å²) < 4.78 is 31.1. The van der Waals surface area contributed by atoms with Crippen LogP contribution in [0.1, 0.15) is 21.6 Å². The Kier molecular flexibility index (Phi) is 5.70. The second-order valence-electron chi connectivity index (χ2n) is 4.74. The molecule has 0 aliphatic carbocycles. The summed E-state index contributed by atoms with van der Waals surface area (Å²) in [5.74, 6) is -0.671. The van der Waals surface area contributed by atoms with Gasteiger partial charge in [0.15, 0.2) is 0 Å². The number of aromatic nitrogens is 1. The van der Waals surface area contributed by atoms with Crippen molar-refractivity contribution in [2.24, 2.45) is 0 Å². The number of esters is 1. The number of pyridine rings is 1. The molecule has 1 heterocycles. The molecule has 0 radical (unpaired) electrons. The summed E-state index contributed by atoms with van der Waals surface area (Å²) >= 11 is 5.71. The molecular weight excluding hydrogens is 340 g/mol. The zero-order valence-corrected chi connectivity index (χ0v) is 13.9. The van der Waals surface area contributed by atoms with Gasteiger partial charge in [0.1, 0.15) is 5.75 Å². The first-order valence-corrected chi connectivity index (χ1v) is 8.68. The molecule has 0 atom stereocenters. The number of ether oxygens (including phenoxy) is 1. The summed E-state index contributed by atoms with van der Waals surface area (Å²) in [6, 6.07) is 9.63. The molecule has 1 aromatic carbocycles. The van der Waals surface area contributed by atoms with E-state index in [0.717, 1.165) is 5.56 Å². The highest BCUT2D eigenvalue weighted by atomic mass is 35.5. The van der Waals surface area contributed by atoms with Crippen LogP contribution in [0, 0.1) is 0 Å². The summed E-state index contributed by atoms with van der Waals surface area (Å²) in [4.78, 5) is 15.3. The van der Waals surface area contributed by atoms with Crippen LogP contribution >= 0.6 is 11.6 Å². The van der Waals surface area contributed by atoms with E-state index < -0.39 is 16.0 Å². The van der Waals surface area contributed by atoms with E-state index >= 15 is 0 Å². The normalized spacial score (nSPS) is 11.2. The third-order valence-corrected chi connectivity index (χ3v) is 4.48. The molecule has 0 bridgehead atoms. The third kappa shape index (κ3) is 5.31. The number of hydrogen-bond acceptors (Lipinski definition) is 5. The van der Waals surface area contributed by atoms with Crippen LogP contribution < -0.4 is 4.72 Å². The lowest BCUT2D eigenvalue weighted by molar-refractivity contribution is 0.0600. The quantitative estimate of drug-likeness (QED) is 0.803. The van der Waals surface area contributed by atoms with E-state index in [1.165, 1.54) is 13.3 Å². The number of nitrogens with zero attached hydrogens (tertiary/aromatic N) is 1. The number of hydrogen-bond donors (Lipinski definition) is 1. The first-order chi connectivity index (χ1) is 10.9. The molecule has 8 heteroatoms. The minimum absolute atomic E-state index is 0.122. The van der Waals surface area contributed by atoms with Gasteiger partial charge in [0.25, 0.3) is 0 Å². The van der Waals surface area contributed by atoms with Crippen LogP contribution in [0.4, 0.5) is 0 Å². The molecule has 1 N–H and O–H groups in total. The Bertz CT molecular complexity index is 774. The van der Waals surface area contributed by atoms with Gasteiger partial charge in [-0.1, -0.05) is 23.7 Å². The lowest BCUT2D eigenvalue weighted by Crippen LogP contribution is -2.25. The number of carbonyl (C=O) groups excluding carboxylic acids is 1. The smallest absolute Gasteiger partial charge is 0.337 e. The lowest BCUT2D eigenvalue weighted by atomic mass is 10.1. The van der Waals surface area contributed by atoms with Gasteiger partial charge in [-0.15, -0.1) is 0 Å². The zero-order chi connectivity index (χ0) is 16.9. The predicted molar refractivity (Wildman–Crippen MR) is 86.5 cm³/mol. The fourth-order valence-corrected chi connectivity index (χ4v) is 2.97. The van der Waals surface area contributed by atoms with Crippen LogP contribution in [0.25, 0.3) is 0 Å². The van der Waals surface area contributed by atoms with Gasteiger partial charge >= 0.3 is 5.97 Å². The number of rotatable bonds is 6. The van der Waals surface area contributed by atoms with Gasteiger partial charge in [0.2, 0.25) is 10.0 Å². The van der Waals surface area contributed by atoms with Crippen molar-refractivity contribution in [2.45, 2.75) is 12.3 Å². The van der Waals surface area contributed by atoms with Crippen molar-refractivity contribution < 1.29 is 17.9 Å². The van der Waals surface area contributed by atoms with Gasteiger partial charge in [-0.25, -0.2) is 17.9 Å². The topological polar surface area (TPSA) is 85.4 Å². The zero-order valence-electron chi connectivity index (χ0n) is 12.3. The van der Waals surface area contributed by atoms with Gasteiger partial charge in [-0.05, 0) is 29.8 Å². The number of sulfonamides is 1. The first-order valence-electron chi connectivity index (χ1n) is 6.64. The molecule has 6 nitrogen and oxygen atoms in total. The lowest BCUT2D eigenvalue weighted by Gasteiger charge is -2.07. The molecule has 0 fully saturated rings. The maximum absolute atomic E-state index is 12.0. The van der Waals surface area contributed by atoms with Crippen molar-refractivity contribution in [3.8, 4) is 0 Å². The Morgan fingerprint density at radius 2 is 1.91 bits per heavy atom. The summed E-state index contributed by atoms with van der Waals surface area (Å²) in [7, 11) is -2.22. The summed E-state index contributed by atoms with van der Waals surface area (Å²) in [6.07, 6.45) is 1.40. The van der Waals surface area contributed by atoms with E-state index in [0.29, 0.717) is 16.3 Å². The van der Waals surface area contributed by atoms with E-state index in [9.17, 15) is 13.2 Å². The Labute approximate surface area is 139 Å². The van der Waals surface area contributed by atoms with Gasteiger partial charge < -0.3 is 4.74 Å². The molecule has 0 amide bonds. The maximum atomic E-state index is 12.0. The molecular formula is C15H15ClN2O4S. The largest absolute Gasteiger partial charge is 0.465 e. The van der Waals surface area contributed by atoms with Crippen molar-refractivity contribution >= 4 is 27.6 Å². The standard InChI is InChI=1S/C15H15ClN2O4S/c1-22-15(19)12-4-2-11(3-5-12)8-18-23(20,21)10-14-7-6-13(16)9-17-14/h2-7,9,18H,8,10H2,1H3. The van der Waals surface area contributed by atoms with Crippen LogP contribution in [0.15, 0.2) is 42.6 Å². The Balaban J connectivity index is 1.96. The van der Waals surface area contributed by atoms with E-state index in [1.54, 1.807) is 36.4 Å². The average Bonchev–Trinajstić information content (AvgIpc) is 2.55. The summed E-state index contributed by atoms with van der Waals surface area (Å²) in [5, 5.41) is 0.449. The number of benzene rings is 1. The molecule has 0 aliphatic heterocycles. The molecule has 23 heavy (non-hydrogen) atoms. The van der Waals surface area contributed by atoms with E-state index in [1.807, 2.05) is 0 Å². The fourth-order valence-electron chi connectivity index (χ4n) is 1.81. The predicted octanol–water partition coefficient (Wildman–Crippen LogP) is 2.14. The van der Waals surface area contributed by atoms with Crippen LogP contribution in [0.5, 0.6) is 0 Å². The molecule has 0 aliphatic rings. The van der Waals surface area contributed by atoms with E-state index in [-0.39, 0.29) is 12.3 Å². The van der Waals surface area contributed by atoms with Gasteiger partial charge in [0, 0.05) is 12.7 Å². The third-order valence-electron chi connectivity index (χ3n) is 3.00. The summed E-state index contributed by atoms with van der Waals surface area (Å²) in [6.45, 7) is 0.122. The van der Waals surface area contributed by atoms with E-state index in [2.05, 4.69) is 14.4 Å². The Morgan fingerprint density at radius 3 is 2.48 bits per heavy atom. The molecule has 2 rings (SSSR count). The average molecular weight is 355 g/mol. The fraction of sp³-hybridized carbons (Fsp3) is 0.200. The van der Waals surface area contributed by atoms with Gasteiger partial charge in [0.05, 0.1) is 23.4 Å². The van der Waals surface area contributed by atoms with Crippen LogP contribution in [0.3, 0.4) is 0 Å². The van der Waals surface area contributed by atoms with Crippen molar-refractivity contribution in [1.82, 2.24) is 9.71 Å². The van der Waals surface area contributed by atoms with Crippen LogP contribution in [-0.4, -0.2) is 26.5 Å². The van der Waals surface area contributed by atoms with Crippen molar-refractivity contribution in [2.75, 3.05) is 7.11 Å². The maximum Gasteiger partial charge on any atom is 0.337 e. The highest BCUT2D eigenvalue weighted by Crippen LogP contribution is 2.10. The second kappa shape index (κ2) is 7.54. The molecule has 0 unspecified atom stereocenters. The van der Waals surface area contributed by atoms with E-state index in [4.69, 9.17) is 11.6 Å². The number of carbonyl (C=O) groups is 1. The number of nitrogens with one attached hydrogen (secondary N) is 1. The van der Waals surface area contributed by atoms with Crippen LogP contribution in [-0.2, 0) is 27.1 Å². The number of halogens is 1. The first kappa shape index (κ1) is 17.4. The minimum atomic E-state index is -3.52. The van der Waals surface area contributed by atoms with Gasteiger partial charge in [-0.3, -0.25) is 4.98 Å². The van der Waals surface area contributed by atoms with Gasteiger partial charge in [-0.2, -0.15) is 0 Å². The van der Waals surface area contributed by atoms with Crippen LogP contribution in [0.2, 0.25) is 5.02 Å². The summed E-state index contributed by atoms with van der Waals surface area (Å²) in [5.41, 5.74) is 1.54. The molecule has 0 spiro atoms.